The Kier molecular flexibility index (Phi) is 2.54. The van der Waals surface area contributed by atoms with Crippen molar-refractivity contribution in [2.24, 2.45) is 0 Å². The molecule has 0 aliphatic rings. The summed E-state index contributed by atoms with van der Waals surface area (Å²) in [7, 11) is 0. The standard InChI is InChI=1S/C13H4N8/c14-2-6-1-7(3-15)10-11(8(4-16)9(6)17)21-13-12(20-10)18-5-19-13/h1,5H,17H2. The Morgan fingerprint density at radius 3 is 2.05 bits per heavy atom. The van der Waals surface area contributed by atoms with E-state index in [0.29, 0.717) is 0 Å². The minimum atomic E-state index is -0.0420. The van der Waals surface area contributed by atoms with Gasteiger partial charge >= 0.3 is 0 Å². The van der Waals surface area contributed by atoms with Gasteiger partial charge in [0.25, 0.3) is 0 Å². The van der Waals surface area contributed by atoms with Crippen LogP contribution in [0.1, 0.15) is 16.7 Å². The second-order valence-corrected chi connectivity index (χ2v) is 4.04. The molecule has 8 nitrogen and oxygen atoms in total. The Bertz CT molecular complexity index is 1030. The molecule has 0 amide bonds. The van der Waals surface area contributed by atoms with E-state index < -0.39 is 0 Å². The SMILES string of the molecule is N#Cc1cc(C#N)c2nc3ncnc3nc2c(C#N)c1N. The van der Waals surface area contributed by atoms with Crippen LogP contribution in [-0.4, -0.2) is 19.9 Å². The Labute approximate surface area is 117 Å². The molecule has 3 aromatic rings. The monoisotopic (exact) mass is 272 g/mol. The van der Waals surface area contributed by atoms with Gasteiger partial charge in [-0.1, -0.05) is 0 Å². The average Bonchev–Trinajstić information content (AvgIpc) is 2.91. The first kappa shape index (κ1) is 12.2. The van der Waals surface area contributed by atoms with Crippen LogP contribution in [0, 0.1) is 34.0 Å². The molecule has 0 aliphatic carbocycles. The minimum Gasteiger partial charge on any atom is -0.397 e. The van der Waals surface area contributed by atoms with Gasteiger partial charge in [0.2, 0.25) is 0 Å². The average molecular weight is 272 g/mol. The summed E-state index contributed by atoms with van der Waals surface area (Å²) in [6.45, 7) is 0. The second-order valence-electron chi connectivity index (χ2n) is 4.04. The van der Waals surface area contributed by atoms with Crippen LogP contribution in [0.2, 0.25) is 0 Å². The van der Waals surface area contributed by atoms with Crippen LogP contribution in [0.15, 0.2) is 12.4 Å². The van der Waals surface area contributed by atoms with E-state index in [4.69, 9.17) is 11.0 Å². The lowest BCUT2D eigenvalue weighted by molar-refractivity contribution is 1.32. The van der Waals surface area contributed by atoms with Crippen LogP contribution in [0.3, 0.4) is 0 Å². The van der Waals surface area contributed by atoms with Gasteiger partial charge in [-0.05, 0) is 6.07 Å². The van der Waals surface area contributed by atoms with Gasteiger partial charge in [-0.3, -0.25) is 0 Å². The Balaban J connectivity index is 2.70. The number of nitrogen functional groups attached to an aromatic ring is 1. The number of hydrogen-bond donors (Lipinski definition) is 1. The first-order valence-electron chi connectivity index (χ1n) is 5.64. The molecule has 0 saturated carbocycles. The van der Waals surface area contributed by atoms with Gasteiger partial charge in [0.05, 0.1) is 16.8 Å². The van der Waals surface area contributed by atoms with E-state index in [1.807, 2.05) is 18.2 Å². The van der Waals surface area contributed by atoms with Crippen molar-refractivity contribution in [3.8, 4) is 18.2 Å². The summed E-state index contributed by atoms with van der Waals surface area (Å²) < 4.78 is 0. The zero-order valence-electron chi connectivity index (χ0n) is 10.4. The molecular formula is C13H4N8. The first-order valence-corrected chi connectivity index (χ1v) is 5.64. The van der Waals surface area contributed by atoms with Gasteiger partial charge in [-0.2, -0.15) is 15.8 Å². The predicted molar refractivity (Wildman–Crippen MR) is 71.2 cm³/mol. The van der Waals surface area contributed by atoms with Crippen LogP contribution in [0.5, 0.6) is 0 Å². The molecule has 0 spiro atoms. The lowest BCUT2D eigenvalue weighted by Crippen LogP contribution is -1.94. The van der Waals surface area contributed by atoms with E-state index in [1.165, 1.54) is 12.4 Å². The van der Waals surface area contributed by atoms with Crippen molar-refractivity contribution in [2.75, 3.05) is 5.73 Å². The maximum atomic E-state index is 9.31. The van der Waals surface area contributed by atoms with E-state index in [0.717, 1.165) is 0 Å². The molecule has 1 aromatic carbocycles. The summed E-state index contributed by atoms with van der Waals surface area (Å²) in [6.07, 6.45) is 1.28. The quantitative estimate of drug-likeness (QED) is 0.630. The van der Waals surface area contributed by atoms with E-state index in [2.05, 4.69) is 19.9 Å². The molecule has 0 saturated heterocycles. The number of imidazole rings is 1. The third-order valence-corrected chi connectivity index (χ3v) is 2.91. The van der Waals surface area contributed by atoms with Gasteiger partial charge in [0.15, 0.2) is 11.3 Å². The smallest absolute Gasteiger partial charge is 0.199 e. The summed E-state index contributed by atoms with van der Waals surface area (Å²) in [5, 5.41) is 27.7. The number of nitriles is 3. The molecule has 0 unspecified atom stereocenters. The summed E-state index contributed by atoms with van der Waals surface area (Å²) >= 11 is 0. The topological polar surface area (TPSA) is 149 Å². The molecule has 0 fully saturated rings. The fourth-order valence-electron chi connectivity index (χ4n) is 1.93. The highest BCUT2D eigenvalue weighted by molar-refractivity contribution is 5.93. The Morgan fingerprint density at radius 1 is 0.857 bits per heavy atom. The van der Waals surface area contributed by atoms with Crippen molar-refractivity contribution in [3.05, 3.63) is 29.1 Å². The maximum absolute atomic E-state index is 9.31. The van der Waals surface area contributed by atoms with Gasteiger partial charge in [0, 0.05) is 0 Å². The molecular weight excluding hydrogens is 268 g/mol. The Hall–Kier alpha value is -3.83. The molecule has 3 rings (SSSR count). The molecule has 0 bridgehead atoms. The van der Waals surface area contributed by atoms with Gasteiger partial charge in [-0.15, -0.1) is 0 Å². The molecule has 0 radical (unpaired) electrons. The third-order valence-electron chi connectivity index (χ3n) is 2.91. The van der Waals surface area contributed by atoms with Crippen molar-refractivity contribution in [3.63, 3.8) is 0 Å². The number of aromatic nitrogens is 4. The molecule has 8 heteroatoms. The summed E-state index contributed by atoms with van der Waals surface area (Å²) in [6, 6.07) is 6.99. The fourth-order valence-corrected chi connectivity index (χ4v) is 1.93. The molecule has 0 aliphatic heterocycles. The van der Waals surface area contributed by atoms with E-state index in [-0.39, 0.29) is 44.7 Å². The van der Waals surface area contributed by atoms with Crippen molar-refractivity contribution >= 4 is 28.0 Å². The normalized spacial score (nSPS) is 9.95. The number of nitrogens with two attached hydrogens (primary N) is 1. The number of rotatable bonds is 0. The maximum Gasteiger partial charge on any atom is 0.199 e. The van der Waals surface area contributed by atoms with E-state index in [9.17, 15) is 10.5 Å². The third kappa shape index (κ3) is 1.66. The summed E-state index contributed by atoms with van der Waals surface area (Å²) in [4.78, 5) is 16.2. The van der Waals surface area contributed by atoms with Gasteiger partial charge < -0.3 is 5.73 Å². The summed E-state index contributed by atoms with van der Waals surface area (Å²) in [5.74, 6) is 0. The molecule has 21 heavy (non-hydrogen) atoms. The molecule has 2 heterocycles. The lowest BCUT2D eigenvalue weighted by Gasteiger charge is -1.97. The number of anilines is 1. The van der Waals surface area contributed by atoms with Crippen LogP contribution < -0.4 is 5.73 Å². The van der Waals surface area contributed by atoms with E-state index >= 15 is 0 Å². The fraction of sp³-hybridized carbons (Fsp3) is 0. The van der Waals surface area contributed by atoms with Gasteiger partial charge in [-0.25, -0.2) is 19.9 Å². The minimum absolute atomic E-state index is 0.0135. The zero-order chi connectivity index (χ0) is 15.0. The highest BCUT2D eigenvalue weighted by Crippen LogP contribution is 2.26. The summed E-state index contributed by atoms with van der Waals surface area (Å²) in [5.41, 5.74) is 6.67. The van der Waals surface area contributed by atoms with Gasteiger partial charge in [0.1, 0.15) is 41.1 Å². The zero-order valence-corrected chi connectivity index (χ0v) is 10.4. The van der Waals surface area contributed by atoms with Crippen molar-refractivity contribution in [1.82, 2.24) is 19.9 Å². The lowest BCUT2D eigenvalue weighted by atomic mass is 10.2. The van der Waals surface area contributed by atoms with Crippen LogP contribution in [0.25, 0.3) is 22.3 Å². The largest absolute Gasteiger partial charge is 0.397 e. The first-order chi connectivity index (χ1) is 10.2. The number of fused-ring (bicyclic) bond motifs is 2. The number of nitrogens with zero attached hydrogens (tertiary/aromatic N) is 7. The van der Waals surface area contributed by atoms with E-state index in [1.54, 1.807) is 0 Å². The van der Waals surface area contributed by atoms with Crippen molar-refractivity contribution in [1.29, 1.82) is 15.8 Å². The van der Waals surface area contributed by atoms with Crippen molar-refractivity contribution < 1.29 is 0 Å². The predicted octanol–water partition coefficient (Wildman–Crippen LogP) is 0.770. The highest BCUT2D eigenvalue weighted by atomic mass is 15.0. The van der Waals surface area contributed by atoms with Crippen LogP contribution >= 0.6 is 0 Å². The highest BCUT2D eigenvalue weighted by Gasteiger charge is 2.16. The van der Waals surface area contributed by atoms with Crippen molar-refractivity contribution in [2.45, 2.75) is 0 Å². The molecule has 0 atom stereocenters. The molecule has 96 valence electrons. The van der Waals surface area contributed by atoms with Crippen LogP contribution in [0.4, 0.5) is 5.69 Å². The number of hydrogen-bond acceptors (Lipinski definition) is 8. The second kappa shape index (κ2) is 4.37. The molecule has 2 aromatic heterocycles. The van der Waals surface area contributed by atoms with Crippen LogP contribution in [-0.2, 0) is 0 Å². The Morgan fingerprint density at radius 2 is 1.48 bits per heavy atom. The molecule has 2 N–H and O–H groups in total.